The lowest BCUT2D eigenvalue weighted by Crippen LogP contribution is -2.36. The Morgan fingerprint density at radius 1 is 1.39 bits per heavy atom. The molecular weight excluding hydrogens is 248 g/mol. The van der Waals surface area contributed by atoms with E-state index in [-0.39, 0.29) is 18.5 Å². The molecule has 1 aromatic carbocycles. The maximum Gasteiger partial charge on any atom is 0.323 e. The van der Waals surface area contributed by atoms with Crippen LogP contribution in [0.3, 0.4) is 0 Å². The molecule has 0 saturated heterocycles. The number of hydrogen-bond donors (Lipinski definition) is 2. The second-order valence-electron chi connectivity index (χ2n) is 4.38. The lowest BCUT2D eigenvalue weighted by Gasteiger charge is -2.14. The summed E-state index contributed by atoms with van der Waals surface area (Å²) >= 11 is 1.53. The molecule has 0 bridgehead atoms. The number of hydrogen-bond acceptors (Lipinski definition) is 5. The van der Waals surface area contributed by atoms with Crippen LogP contribution in [-0.2, 0) is 16.1 Å². The monoisotopic (exact) mass is 268 g/mol. The Kier molecular flexibility index (Phi) is 6.01. The Bertz CT molecular complexity index is 379. The first-order chi connectivity index (χ1) is 8.54. The predicted octanol–water partition coefficient (Wildman–Crippen LogP) is 2.40. The lowest BCUT2D eigenvalue weighted by atomic mass is 10.1. The number of carbonyl (C=O) groups is 1. The number of anilines is 1. The Morgan fingerprint density at radius 3 is 2.50 bits per heavy atom. The van der Waals surface area contributed by atoms with Gasteiger partial charge in [-0.1, -0.05) is 37.9 Å². The van der Waals surface area contributed by atoms with Gasteiger partial charge in [0.15, 0.2) is 0 Å². The zero-order valence-corrected chi connectivity index (χ0v) is 11.8. The molecule has 100 valence electrons. The van der Waals surface area contributed by atoms with Crippen molar-refractivity contribution in [2.75, 3.05) is 11.0 Å². The quantitative estimate of drug-likeness (QED) is 0.612. The van der Waals surface area contributed by atoms with Crippen molar-refractivity contribution in [2.45, 2.75) is 26.5 Å². The van der Waals surface area contributed by atoms with Crippen molar-refractivity contribution in [2.24, 2.45) is 11.7 Å². The molecule has 18 heavy (non-hydrogen) atoms. The van der Waals surface area contributed by atoms with Gasteiger partial charge in [-0.2, -0.15) is 0 Å². The molecule has 0 amide bonds. The largest absolute Gasteiger partial charge is 0.460 e. The summed E-state index contributed by atoms with van der Waals surface area (Å²) in [6.07, 6.45) is 1.96. The molecule has 5 heteroatoms. The molecule has 0 aliphatic carbocycles. The van der Waals surface area contributed by atoms with Crippen LogP contribution < -0.4 is 10.5 Å². The average Bonchev–Trinajstić information content (AvgIpc) is 2.37. The first-order valence-corrected chi connectivity index (χ1v) is 7.07. The molecule has 0 spiro atoms. The van der Waals surface area contributed by atoms with Gasteiger partial charge in [-0.25, -0.2) is 0 Å². The van der Waals surface area contributed by atoms with E-state index >= 15 is 0 Å². The minimum Gasteiger partial charge on any atom is -0.460 e. The van der Waals surface area contributed by atoms with Gasteiger partial charge in [-0.15, -0.1) is 0 Å². The molecule has 0 fully saturated rings. The van der Waals surface area contributed by atoms with Crippen molar-refractivity contribution >= 4 is 23.6 Å². The van der Waals surface area contributed by atoms with E-state index in [1.54, 1.807) is 0 Å². The average molecular weight is 268 g/mol. The number of nitrogens with one attached hydrogen (secondary N) is 1. The van der Waals surface area contributed by atoms with Crippen LogP contribution in [0.15, 0.2) is 24.3 Å². The van der Waals surface area contributed by atoms with Crippen LogP contribution in [0.25, 0.3) is 0 Å². The van der Waals surface area contributed by atoms with E-state index in [0.29, 0.717) is 0 Å². The van der Waals surface area contributed by atoms with Crippen LogP contribution in [0.1, 0.15) is 19.4 Å². The van der Waals surface area contributed by atoms with Crippen molar-refractivity contribution in [1.82, 2.24) is 0 Å². The van der Waals surface area contributed by atoms with Crippen LogP contribution >= 0.6 is 11.9 Å². The van der Waals surface area contributed by atoms with Crippen LogP contribution in [0.4, 0.5) is 5.69 Å². The summed E-state index contributed by atoms with van der Waals surface area (Å²) in [5.74, 6) is -0.262. The predicted molar refractivity (Wildman–Crippen MR) is 76.2 cm³/mol. The molecule has 4 nitrogen and oxygen atoms in total. The molecule has 1 rings (SSSR count). The van der Waals surface area contributed by atoms with Crippen molar-refractivity contribution in [3.05, 3.63) is 29.8 Å². The van der Waals surface area contributed by atoms with Crippen molar-refractivity contribution < 1.29 is 9.53 Å². The fraction of sp³-hybridized carbons (Fsp3) is 0.462. The highest BCUT2D eigenvalue weighted by Gasteiger charge is 2.18. The fourth-order valence-electron chi connectivity index (χ4n) is 1.31. The Morgan fingerprint density at radius 2 is 2.00 bits per heavy atom. The standard InChI is InChI=1S/C13H20N2O2S/c1-9(2)12(14)13(16)17-8-10-4-6-11(7-5-10)15-18-3/h4-7,9,12,15H,8,14H2,1-3H3/t12-/m0/s1. The minimum absolute atomic E-state index is 0.0886. The molecule has 0 radical (unpaired) electrons. The van der Waals surface area contributed by atoms with E-state index in [2.05, 4.69) is 4.72 Å². The van der Waals surface area contributed by atoms with Gasteiger partial charge in [-0.05, 0) is 23.6 Å². The van der Waals surface area contributed by atoms with Crippen LogP contribution in [0.2, 0.25) is 0 Å². The van der Waals surface area contributed by atoms with Gasteiger partial charge >= 0.3 is 5.97 Å². The normalized spacial score (nSPS) is 12.3. The summed E-state index contributed by atoms with van der Waals surface area (Å²) in [5.41, 5.74) is 7.67. The van der Waals surface area contributed by atoms with Crippen molar-refractivity contribution in [3.63, 3.8) is 0 Å². The smallest absolute Gasteiger partial charge is 0.323 e. The third-order valence-electron chi connectivity index (χ3n) is 2.55. The van der Waals surface area contributed by atoms with Gasteiger partial charge in [0.25, 0.3) is 0 Å². The highest BCUT2D eigenvalue weighted by atomic mass is 32.2. The van der Waals surface area contributed by atoms with E-state index < -0.39 is 6.04 Å². The number of esters is 1. The number of ether oxygens (including phenoxy) is 1. The third-order valence-corrected chi connectivity index (χ3v) is 2.99. The Hall–Kier alpha value is -1.20. The first-order valence-electron chi connectivity index (χ1n) is 5.84. The van der Waals surface area contributed by atoms with E-state index in [1.807, 2.05) is 44.4 Å². The van der Waals surface area contributed by atoms with Gasteiger partial charge in [0.1, 0.15) is 12.6 Å². The van der Waals surface area contributed by atoms with Crippen LogP contribution in [0.5, 0.6) is 0 Å². The second kappa shape index (κ2) is 7.28. The number of benzene rings is 1. The van der Waals surface area contributed by atoms with Gasteiger partial charge < -0.3 is 15.2 Å². The Labute approximate surface area is 112 Å². The van der Waals surface area contributed by atoms with Gasteiger partial charge in [-0.3, -0.25) is 4.79 Å². The van der Waals surface area contributed by atoms with Gasteiger partial charge in [0.05, 0.1) is 0 Å². The topological polar surface area (TPSA) is 64.3 Å². The minimum atomic E-state index is -0.553. The van der Waals surface area contributed by atoms with E-state index in [9.17, 15) is 4.79 Å². The van der Waals surface area contributed by atoms with Crippen molar-refractivity contribution in [1.29, 1.82) is 0 Å². The van der Waals surface area contributed by atoms with Crippen LogP contribution in [0, 0.1) is 5.92 Å². The lowest BCUT2D eigenvalue weighted by molar-refractivity contribution is -0.147. The number of rotatable bonds is 6. The zero-order chi connectivity index (χ0) is 13.5. The molecule has 0 heterocycles. The molecule has 0 aliphatic rings. The van der Waals surface area contributed by atoms with Gasteiger partial charge in [0, 0.05) is 11.9 Å². The van der Waals surface area contributed by atoms with E-state index in [1.165, 1.54) is 11.9 Å². The summed E-state index contributed by atoms with van der Waals surface area (Å²) in [5, 5.41) is 0. The third kappa shape index (κ3) is 4.58. The summed E-state index contributed by atoms with van der Waals surface area (Å²) in [6.45, 7) is 4.06. The summed E-state index contributed by atoms with van der Waals surface area (Å²) < 4.78 is 8.28. The molecule has 3 N–H and O–H groups in total. The highest BCUT2D eigenvalue weighted by molar-refractivity contribution is 7.99. The molecule has 1 atom stereocenters. The molecule has 0 aliphatic heterocycles. The summed E-state index contributed by atoms with van der Waals surface area (Å²) in [4.78, 5) is 11.6. The van der Waals surface area contributed by atoms with Crippen LogP contribution in [-0.4, -0.2) is 18.3 Å². The molecular formula is C13H20N2O2S. The second-order valence-corrected chi connectivity index (χ2v) is 4.99. The molecule has 0 unspecified atom stereocenters. The van der Waals surface area contributed by atoms with Gasteiger partial charge in [0.2, 0.25) is 0 Å². The first kappa shape index (κ1) is 14.9. The summed E-state index contributed by atoms with van der Waals surface area (Å²) in [6, 6.07) is 7.19. The highest BCUT2D eigenvalue weighted by Crippen LogP contribution is 2.13. The molecule has 1 aromatic rings. The fourth-order valence-corrected chi connectivity index (χ4v) is 1.68. The van der Waals surface area contributed by atoms with E-state index in [0.717, 1.165) is 11.3 Å². The SMILES string of the molecule is CSNc1ccc(COC(=O)[C@@H](N)C(C)C)cc1. The molecule has 0 saturated carbocycles. The Balaban J connectivity index is 2.46. The zero-order valence-electron chi connectivity index (χ0n) is 11.0. The number of nitrogens with two attached hydrogens (primary N) is 1. The molecule has 0 aromatic heterocycles. The van der Waals surface area contributed by atoms with Crippen molar-refractivity contribution in [3.8, 4) is 0 Å². The van der Waals surface area contributed by atoms with E-state index in [4.69, 9.17) is 10.5 Å². The summed E-state index contributed by atoms with van der Waals surface area (Å²) in [7, 11) is 0. The maximum absolute atomic E-state index is 11.6. The number of carbonyl (C=O) groups excluding carboxylic acids is 1. The maximum atomic E-state index is 11.6.